The summed E-state index contributed by atoms with van der Waals surface area (Å²) in [6.07, 6.45) is 1.04. The Morgan fingerprint density at radius 3 is 2.32 bits per heavy atom. The van der Waals surface area contributed by atoms with Crippen molar-refractivity contribution in [2.75, 3.05) is 37.7 Å². The summed E-state index contributed by atoms with van der Waals surface area (Å²) in [5.41, 5.74) is 5.21. The Kier molecular flexibility index (Phi) is 7.73. The zero-order valence-corrected chi connectivity index (χ0v) is 17.1. The normalized spacial score (nSPS) is 14.8. The van der Waals surface area contributed by atoms with Gasteiger partial charge in [0, 0.05) is 31.9 Å². The Labute approximate surface area is 168 Å². The lowest BCUT2D eigenvalue weighted by Crippen LogP contribution is -2.37. The highest BCUT2D eigenvalue weighted by molar-refractivity contribution is 5.79. The van der Waals surface area contributed by atoms with Crippen molar-refractivity contribution in [3.63, 3.8) is 0 Å². The molecule has 0 spiro atoms. The molecule has 1 aliphatic rings. The fourth-order valence-electron chi connectivity index (χ4n) is 3.52. The van der Waals surface area contributed by atoms with Gasteiger partial charge < -0.3 is 20.3 Å². The number of aliphatic imine (C=N–C) groups is 1. The van der Waals surface area contributed by atoms with Crippen molar-refractivity contribution in [2.24, 2.45) is 4.99 Å². The van der Waals surface area contributed by atoms with Crippen LogP contribution in [0.4, 0.5) is 5.69 Å². The predicted octanol–water partition coefficient (Wildman–Crippen LogP) is 3.34. The maximum Gasteiger partial charge on any atom is 0.191 e. The van der Waals surface area contributed by atoms with Gasteiger partial charge in [-0.05, 0) is 36.1 Å². The number of nitrogens with zero attached hydrogens (tertiary/aromatic N) is 2. The minimum absolute atomic E-state index is 0.651. The van der Waals surface area contributed by atoms with Crippen LogP contribution < -0.4 is 15.5 Å². The molecule has 1 aliphatic heterocycles. The smallest absolute Gasteiger partial charge is 0.191 e. The van der Waals surface area contributed by atoms with E-state index in [9.17, 15) is 0 Å². The molecule has 0 aliphatic carbocycles. The lowest BCUT2D eigenvalue weighted by molar-refractivity contribution is 0.122. The zero-order valence-electron chi connectivity index (χ0n) is 17.1. The van der Waals surface area contributed by atoms with E-state index < -0.39 is 0 Å². The number of aryl methyl sites for hydroxylation is 1. The predicted molar refractivity (Wildman–Crippen MR) is 117 cm³/mol. The van der Waals surface area contributed by atoms with E-state index in [0.29, 0.717) is 6.54 Å². The number of benzene rings is 2. The van der Waals surface area contributed by atoms with Crippen molar-refractivity contribution < 1.29 is 4.74 Å². The minimum atomic E-state index is 0.651. The van der Waals surface area contributed by atoms with E-state index >= 15 is 0 Å². The molecule has 1 saturated heterocycles. The van der Waals surface area contributed by atoms with Gasteiger partial charge in [0.15, 0.2) is 5.96 Å². The van der Waals surface area contributed by atoms with Gasteiger partial charge in [0.25, 0.3) is 0 Å². The van der Waals surface area contributed by atoms with Gasteiger partial charge in [-0.15, -0.1) is 0 Å². The third-order valence-corrected chi connectivity index (χ3v) is 5.04. The van der Waals surface area contributed by atoms with Gasteiger partial charge in [-0.2, -0.15) is 0 Å². The van der Waals surface area contributed by atoms with E-state index in [1.54, 1.807) is 0 Å². The molecule has 0 bridgehead atoms. The lowest BCUT2D eigenvalue weighted by Gasteiger charge is -2.30. The molecular weight excluding hydrogens is 348 g/mol. The van der Waals surface area contributed by atoms with Crippen LogP contribution in [-0.4, -0.2) is 38.8 Å². The molecule has 5 nitrogen and oxygen atoms in total. The first kappa shape index (κ1) is 20.2. The topological polar surface area (TPSA) is 48.9 Å². The van der Waals surface area contributed by atoms with Crippen LogP contribution in [0.5, 0.6) is 0 Å². The molecule has 5 heteroatoms. The van der Waals surface area contributed by atoms with Gasteiger partial charge in [-0.1, -0.05) is 49.4 Å². The second kappa shape index (κ2) is 10.7. The Bertz CT molecular complexity index is 769. The first-order valence-electron chi connectivity index (χ1n) is 10.3. The molecule has 0 unspecified atom stereocenters. The van der Waals surface area contributed by atoms with Crippen LogP contribution in [-0.2, 0) is 24.2 Å². The maximum atomic E-state index is 5.49. The number of hydrogen-bond acceptors (Lipinski definition) is 3. The summed E-state index contributed by atoms with van der Waals surface area (Å²) in [7, 11) is 0. The molecule has 0 amide bonds. The van der Waals surface area contributed by atoms with Gasteiger partial charge in [0.1, 0.15) is 0 Å². The number of morpholine rings is 1. The summed E-state index contributed by atoms with van der Waals surface area (Å²) in [5, 5.41) is 6.85. The summed E-state index contributed by atoms with van der Waals surface area (Å²) >= 11 is 0. The molecule has 150 valence electrons. The highest BCUT2D eigenvalue weighted by Gasteiger charge is 2.14. The molecule has 2 aromatic rings. The van der Waals surface area contributed by atoms with Crippen molar-refractivity contribution in [3.05, 3.63) is 65.2 Å². The number of hydrogen-bond donors (Lipinski definition) is 2. The molecular formula is C23H32N4O. The van der Waals surface area contributed by atoms with Gasteiger partial charge in [0.05, 0.1) is 19.8 Å². The number of guanidine groups is 1. The Morgan fingerprint density at radius 1 is 0.929 bits per heavy atom. The van der Waals surface area contributed by atoms with Crippen molar-refractivity contribution in [3.8, 4) is 0 Å². The van der Waals surface area contributed by atoms with E-state index in [1.165, 1.54) is 22.4 Å². The fraction of sp³-hybridized carbons (Fsp3) is 0.435. The second-order valence-electron chi connectivity index (χ2n) is 6.90. The van der Waals surface area contributed by atoms with E-state index in [1.807, 2.05) is 0 Å². The molecule has 1 heterocycles. The molecule has 2 aromatic carbocycles. The van der Waals surface area contributed by atoms with Crippen molar-refractivity contribution >= 4 is 11.6 Å². The highest BCUT2D eigenvalue weighted by Crippen LogP contribution is 2.22. The third kappa shape index (κ3) is 5.49. The average Bonchev–Trinajstić information content (AvgIpc) is 2.76. The Hall–Kier alpha value is -2.53. The fourth-order valence-corrected chi connectivity index (χ4v) is 3.52. The van der Waals surface area contributed by atoms with E-state index in [4.69, 9.17) is 9.73 Å². The molecule has 1 fully saturated rings. The first-order chi connectivity index (χ1) is 13.8. The second-order valence-corrected chi connectivity index (χ2v) is 6.90. The molecule has 0 aromatic heterocycles. The molecule has 0 atom stereocenters. The Balaban J connectivity index is 1.69. The van der Waals surface area contributed by atoms with Gasteiger partial charge in [0.2, 0.25) is 0 Å². The number of rotatable bonds is 7. The molecule has 0 radical (unpaired) electrons. The summed E-state index contributed by atoms with van der Waals surface area (Å²) in [5.74, 6) is 0.852. The van der Waals surface area contributed by atoms with E-state index in [-0.39, 0.29) is 0 Å². The van der Waals surface area contributed by atoms with Crippen LogP contribution in [0.2, 0.25) is 0 Å². The van der Waals surface area contributed by atoms with Gasteiger partial charge >= 0.3 is 0 Å². The van der Waals surface area contributed by atoms with Crippen LogP contribution >= 0.6 is 0 Å². The number of nitrogens with one attached hydrogen (secondary N) is 2. The highest BCUT2D eigenvalue weighted by atomic mass is 16.5. The number of ether oxygens (including phenoxy) is 1. The summed E-state index contributed by atoms with van der Waals surface area (Å²) in [4.78, 5) is 7.24. The van der Waals surface area contributed by atoms with Crippen molar-refractivity contribution in [2.45, 2.75) is 33.4 Å². The number of anilines is 1. The zero-order chi connectivity index (χ0) is 19.6. The van der Waals surface area contributed by atoms with Crippen molar-refractivity contribution in [1.29, 1.82) is 0 Å². The summed E-state index contributed by atoms with van der Waals surface area (Å²) in [6.45, 7) is 10.0. The largest absolute Gasteiger partial charge is 0.378 e. The van der Waals surface area contributed by atoms with Gasteiger partial charge in [-0.3, -0.25) is 0 Å². The number of para-hydroxylation sites is 1. The summed E-state index contributed by atoms with van der Waals surface area (Å²) < 4.78 is 5.49. The molecule has 2 N–H and O–H groups in total. The van der Waals surface area contributed by atoms with Crippen LogP contribution in [0.1, 0.15) is 30.5 Å². The molecule has 0 saturated carbocycles. The summed E-state index contributed by atoms with van der Waals surface area (Å²) in [6, 6.07) is 17.1. The lowest BCUT2D eigenvalue weighted by atomic mass is 10.1. The van der Waals surface area contributed by atoms with Crippen LogP contribution in [0, 0.1) is 0 Å². The van der Waals surface area contributed by atoms with E-state index in [2.05, 4.69) is 77.9 Å². The monoisotopic (exact) mass is 380 g/mol. The van der Waals surface area contributed by atoms with Crippen LogP contribution in [0.3, 0.4) is 0 Å². The quantitative estimate of drug-likeness (QED) is 0.571. The average molecular weight is 381 g/mol. The molecule has 3 rings (SSSR count). The van der Waals surface area contributed by atoms with E-state index in [0.717, 1.165) is 51.8 Å². The van der Waals surface area contributed by atoms with Crippen LogP contribution in [0.25, 0.3) is 0 Å². The Morgan fingerprint density at radius 2 is 1.61 bits per heavy atom. The molecule has 28 heavy (non-hydrogen) atoms. The van der Waals surface area contributed by atoms with Crippen LogP contribution in [0.15, 0.2) is 53.5 Å². The maximum absolute atomic E-state index is 5.49. The van der Waals surface area contributed by atoms with Crippen molar-refractivity contribution in [1.82, 2.24) is 10.6 Å². The van der Waals surface area contributed by atoms with Gasteiger partial charge in [-0.25, -0.2) is 4.99 Å². The third-order valence-electron chi connectivity index (χ3n) is 5.04. The SMILES string of the molecule is CCNC(=NCc1ccccc1N1CCOCC1)NCc1ccccc1CC. The first-order valence-corrected chi connectivity index (χ1v) is 10.3. The standard InChI is InChI=1S/C23H32N4O/c1-3-19-9-5-6-10-20(19)17-25-23(24-4-2)26-18-21-11-7-8-12-22(21)27-13-15-28-16-14-27/h5-12H,3-4,13-18H2,1-2H3,(H2,24,25,26). The minimum Gasteiger partial charge on any atom is -0.378 e.